The van der Waals surface area contributed by atoms with Crippen LogP contribution >= 0.6 is 0 Å². The lowest BCUT2D eigenvalue weighted by molar-refractivity contribution is -0.192. The summed E-state index contributed by atoms with van der Waals surface area (Å²) in [6.07, 6.45) is -4.50. The Morgan fingerprint density at radius 2 is 1.64 bits per heavy atom. The standard InChI is InChI=1S/C16H24N2O3.C2HF3O2/c1-11(2)9-14(17)15(19)18-12(3)16(20)21-10-13-7-5-4-6-8-13;3-2(4,5)1(6)7/h4-8,11-12,14H,9-10,17H2,1-3H3,(H,18,19);(H,6,7). The van der Waals surface area contributed by atoms with Gasteiger partial charge >= 0.3 is 18.1 Å². The van der Waals surface area contributed by atoms with Crippen LogP contribution in [0.3, 0.4) is 0 Å². The van der Waals surface area contributed by atoms with E-state index < -0.39 is 30.2 Å². The fourth-order valence-electron chi connectivity index (χ4n) is 1.85. The maximum Gasteiger partial charge on any atom is 0.490 e. The SMILES string of the molecule is CC(C)CC(N)C(=O)NC(C)C(=O)OCc1ccccc1.O=C(O)C(F)(F)F. The molecule has 1 rings (SSSR count). The number of carboxylic acid groups (broad SMARTS) is 1. The Balaban J connectivity index is 0.000000887. The number of halogens is 3. The number of hydrogen-bond acceptors (Lipinski definition) is 5. The first kappa shape index (κ1) is 25.4. The number of hydrogen-bond donors (Lipinski definition) is 3. The van der Waals surface area contributed by atoms with Gasteiger partial charge in [0, 0.05) is 0 Å². The van der Waals surface area contributed by atoms with Gasteiger partial charge in [-0.25, -0.2) is 9.59 Å². The molecule has 0 aliphatic heterocycles. The van der Waals surface area contributed by atoms with Crippen LogP contribution in [0, 0.1) is 5.92 Å². The molecule has 2 atom stereocenters. The summed E-state index contributed by atoms with van der Waals surface area (Å²) in [7, 11) is 0. The Hall–Kier alpha value is -2.62. The van der Waals surface area contributed by atoms with Crippen molar-refractivity contribution >= 4 is 17.8 Å². The molecule has 0 bridgehead atoms. The van der Waals surface area contributed by atoms with E-state index in [1.165, 1.54) is 0 Å². The average molecular weight is 406 g/mol. The zero-order chi connectivity index (χ0) is 21.9. The van der Waals surface area contributed by atoms with Crippen molar-refractivity contribution in [3.63, 3.8) is 0 Å². The number of carbonyl (C=O) groups is 3. The van der Waals surface area contributed by atoms with Gasteiger partial charge in [0.2, 0.25) is 5.91 Å². The number of carbonyl (C=O) groups excluding carboxylic acids is 2. The van der Waals surface area contributed by atoms with Gasteiger partial charge in [0.15, 0.2) is 0 Å². The van der Waals surface area contributed by atoms with Crippen molar-refractivity contribution in [2.45, 2.75) is 52.1 Å². The van der Waals surface area contributed by atoms with Crippen molar-refractivity contribution in [1.82, 2.24) is 5.32 Å². The van der Waals surface area contributed by atoms with E-state index in [0.717, 1.165) is 5.56 Å². The molecule has 10 heteroatoms. The molecule has 0 aliphatic rings. The van der Waals surface area contributed by atoms with Gasteiger partial charge in [0.1, 0.15) is 12.6 Å². The highest BCUT2D eigenvalue weighted by Gasteiger charge is 2.38. The molecule has 158 valence electrons. The molecule has 28 heavy (non-hydrogen) atoms. The summed E-state index contributed by atoms with van der Waals surface area (Å²) in [6.45, 7) is 5.76. The summed E-state index contributed by atoms with van der Waals surface area (Å²) in [6, 6.07) is 8.07. The van der Waals surface area contributed by atoms with Crippen molar-refractivity contribution in [3.8, 4) is 0 Å². The van der Waals surface area contributed by atoms with Crippen LogP contribution in [0.2, 0.25) is 0 Å². The first-order valence-corrected chi connectivity index (χ1v) is 8.41. The molecule has 0 saturated heterocycles. The second kappa shape index (κ2) is 12.0. The van der Waals surface area contributed by atoms with Crippen molar-refractivity contribution in [2.24, 2.45) is 11.7 Å². The molecule has 2 unspecified atom stereocenters. The van der Waals surface area contributed by atoms with E-state index in [4.69, 9.17) is 20.4 Å². The molecular formula is C18H25F3N2O5. The second-order valence-corrected chi connectivity index (χ2v) is 6.36. The fourth-order valence-corrected chi connectivity index (χ4v) is 1.85. The van der Waals surface area contributed by atoms with E-state index in [0.29, 0.717) is 12.3 Å². The van der Waals surface area contributed by atoms with Crippen molar-refractivity contribution in [2.75, 3.05) is 0 Å². The Labute approximate surface area is 161 Å². The summed E-state index contributed by atoms with van der Waals surface area (Å²) in [5.41, 5.74) is 6.67. The minimum Gasteiger partial charge on any atom is -0.475 e. The smallest absolute Gasteiger partial charge is 0.475 e. The van der Waals surface area contributed by atoms with E-state index in [1.807, 2.05) is 44.2 Å². The summed E-state index contributed by atoms with van der Waals surface area (Å²) in [5.74, 6) is -3.23. The van der Waals surface area contributed by atoms with E-state index in [1.54, 1.807) is 6.92 Å². The summed E-state index contributed by atoms with van der Waals surface area (Å²) in [5, 5.41) is 9.71. The monoisotopic (exact) mass is 406 g/mol. The van der Waals surface area contributed by atoms with E-state index in [9.17, 15) is 22.8 Å². The minimum absolute atomic E-state index is 0.192. The van der Waals surface area contributed by atoms with Crippen molar-refractivity contribution in [3.05, 3.63) is 35.9 Å². The molecule has 7 nitrogen and oxygen atoms in total. The van der Waals surface area contributed by atoms with E-state index >= 15 is 0 Å². The van der Waals surface area contributed by atoms with Crippen LogP contribution in [0.5, 0.6) is 0 Å². The lowest BCUT2D eigenvalue weighted by atomic mass is 10.0. The Morgan fingerprint density at radius 1 is 1.14 bits per heavy atom. The lowest BCUT2D eigenvalue weighted by Crippen LogP contribution is -2.48. The number of nitrogens with one attached hydrogen (secondary N) is 1. The third-order valence-electron chi connectivity index (χ3n) is 3.24. The van der Waals surface area contributed by atoms with Crippen molar-refractivity contribution < 1.29 is 37.4 Å². The molecule has 4 N–H and O–H groups in total. The van der Waals surface area contributed by atoms with Crippen LogP contribution in [0.25, 0.3) is 0 Å². The molecular weight excluding hydrogens is 381 g/mol. The largest absolute Gasteiger partial charge is 0.490 e. The van der Waals surface area contributed by atoms with Gasteiger partial charge < -0.3 is 20.9 Å². The van der Waals surface area contributed by atoms with Crippen LogP contribution in [-0.4, -0.2) is 41.2 Å². The molecule has 1 amide bonds. The number of aliphatic carboxylic acids is 1. The van der Waals surface area contributed by atoms with E-state index in [-0.39, 0.29) is 12.5 Å². The summed E-state index contributed by atoms with van der Waals surface area (Å²) < 4.78 is 36.9. The highest BCUT2D eigenvalue weighted by Crippen LogP contribution is 2.13. The first-order valence-electron chi connectivity index (χ1n) is 8.41. The van der Waals surface area contributed by atoms with Gasteiger partial charge in [-0.3, -0.25) is 4.79 Å². The number of alkyl halides is 3. The number of benzene rings is 1. The van der Waals surface area contributed by atoms with Gasteiger partial charge in [-0.2, -0.15) is 13.2 Å². The normalized spacial score (nSPS) is 13.0. The second-order valence-electron chi connectivity index (χ2n) is 6.36. The van der Waals surface area contributed by atoms with Crippen LogP contribution in [0.4, 0.5) is 13.2 Å². The minimum atomic E-state index is -5.08. The number of esters is 1. The number of ether oxygens (including phenoxy) is 1. The molecule has 0 aromatic heterocycles. The van der Waals surface area contributed by atoms with Gasteiger partial charge in [0.25, 0.3) is 0 Å². The predicted octanol–water partition coefficient (Wildman–Crippen LogP) is 2.24. The molecule has 0 spiro atoms. The van der Waals surface area contributed by atoms with Gasteiger partial charge in [0.05, 0.1) is 6.04 Å². The summed E-state index contributed by atoms with van der Waals surface area (Å²) in [4.78, 5) is 32.5. The molecule has 0 heterocycles. The van der Waals surface area contributed by atoms with Crippen LogP contribution in [0.1, 0.15) is 32.8 Å². The first-order chi connectivity index (χ1) is 12.8. The molecule has 0 radical (unpaired) electrons. The Bertz CT molecular complexity index is 636. The number of rotatable bonds is 7. The average Bonchev–Trinajstić information content (AvgIpc) is 2.59. The lowest BCUT2D eigenvalue weighted by Gasteiger charge is -2.18. The van der Waals surface area contributed by atoms with Crippen molar-refractivity contribution in [1.29, 1.82) is 0 Å². The third-order valence-corrected chi connectivity index (χ3v) is 3.24. The highest BCUT2D eigenvalue weighted by atomic mass is 19.4. The molecule has 1 aromatic rings. The maximum absolute atomic E-state index is 11.8. The number of nitrogens with two attached hydrogens (primary N) is 1. The van der Waals surface area contributed by atoms with E-state index in [2.05, 4.69) is 5.32 Å². The van der Waals surface area contributed by atoms with Gasteiger partial charge in [-0.15, -0.1) is 0 Å². The van der Waals surface area contributed by atoms with Crippen LogP contribution in [0.15, 0.2) is 30.3 Å². The zero-order valence-corrected chi connectivity index (χ0v) is 15.8. The molecule has 0 fully saturated rings. The number of amides is 1. The molecule has 0 saturated carbocycles. The van der Waals surface area contributed by atoms with Crippen LogP contribution < -0.4 is 11.1 Å². The highest BCUT2D eigenvalue weighted by molar-refractivity contribution is 5.87. The quantitative estimate of drug-likeness (QED) is 0.598. The Morgan fingerprint density at radius 3 is 2.07 bits per heavy atom. The topological polar surface area (TPSA) is 119 Å². The maximum atomic E-state index is 11.8. The Kier molecular flexibility index (Phi) is 10.8. The third kappa shape index (κ3) is 11.2. The zero-order valence-electron chi connectivity index (χ0n) is 15.8. The molecule has 0 aliphatic carbocycles. The van der Waals surface area contributed by atoms with Gasteiger partial charge in [-0.05, 0) is 24.8 Å². The van der Waals surface area contributed by atoms with Gasteiger partial charge in [-0.1, -0.05) is 44.2 Å². The number of carboxylic acids is 1. The fraction of sp³-hybridized carbons (Fsp3) is 0.500. The summed E-state index contributed by atoms with van der Waals surface area (Å²) >= 11 is 0. The van der Waals surface area contributed by atoms with Crippen LogP contribution in [-0.2, 0) is 25.7 Å². The molecule has 1 aromatic carbocycles. The predicted molar refractivity (Wildman–Crippen MR) is 95.0 cm³/mol.